The van der Waals surface area contributed by atoms with Crippen molar-refractivity contribution in [3.05, 3.63) is 65.9 Å². The minimum absolute atomic E-state index is 0.311. The molecular formula is C24H26O6. The van der Waals surface area contributed by atoms with Gasteiger partial charge < -0.3 is 23.7 Å². The van der Waals surface area contributed by atoms with Gasteiger partial charge in [0.25, 0.3) is 0 Å². The second-order valence-corrected chi connectivity index (χ2v) is 5.95. The molecule has 0 aliphatic carbocycles. The molecule has 0 aliphatic heterocycles. The molecule has 30 heavy (non-hydrogen) atoms. The van der Waals surface area contributed by atoms with Crippen molar-refractivity contribution in [3.8, 4) is 23.0 Å². The predicted molar refractivity (Wildman–Crippen MR) is 116 cm³/mol. The third kappa shape index (κ3) is 6.76. The molecule has 0 saturated heterocycles. The Balaban J connectivity index is 1.94. The van der Waals surface area contributed by atoms with Gasteiger partial charge in [-0.1, -0.05) is 18.7 Å². The van der Waals surface area contributed by atoms with Gasteiger partial charge >= 0.3 is 5.97 Å². The SMILES string of the molecule is C=C=Cc1ccc(OCCOc2ccc(/C=C/C(=O)OCC)cc2OC)c(OC)c1. The van der Waals surface area contributed by atoms with E-state index in [0.29, 0.717) is 42.8 Å². The molecule has 0 radical (unpaired) electrons. The molecule has 0 aromatic heterocycles. The van der Waals surface area contributed by atoms with Crippen LogP contribution in [0.4, 0.5) is 0 Å². The van der Waals surface area contributed by atoms with Crippen LogP contribution in [0.3, 0.4) is 0 Å². The first-order valence-corrected chi connectivity index (χ1v) is 9.43. The van der Waals surface area contributed by atoms with Crippen LogP contribution >= 0.6 is 0 Å². The summed E-state index contributed by atoms with van der Waals surface area (Å²) < 4.78 is 27.1. The molecule has 0 heterocycles. The highest BCUT2D eigenvalue weighted by Gasteiger charge is 2.08. The lowest BCUT2D eigenvalue weighted by molar-refractivity contribution is -0.137. The Bertz CT molecular complexity index is 925. The van der Waals surface area contributed by atoms with Crippen LogP contribution in [0.15, 0.2) is 54.8 Å². The van der Waals surface area contributed by atoms with E-state index in [0.717, 1.165) is 11.1 Å². The summed E-state index contributed by atoms with van der Waals surface area (Å²) in [5.74, 6) is 1.98. The number of carbonyl (C=O) groups excluding carboxylic acids is 1. The summed E-state index contributed by atoms with van der Waals surface area (Å²) in [5.41, 5.74) is 4.45. The van der Waals surface area contributed by atoms with Gasteiger partial charge in [-0.3, -0.25) is 0 Å². The Labute approximate surface area is 177 Å². The predicted octanol–water partition coefficient (Wildman–Crippen LogP) is 4.54. The summed E-state index contributed by atoms with van der Waals surface area (Å²) in [4.78, 5) is 11.4. The van der Waals surface area contributed by atoms with E-state index < -0.39 is 5.97 Å². The Hall–Kier alpha value is -3.63. The van der Waals surface area contributed by atoms with Crippen molar-refractivity contribution in [2.24, 2.45) is 0 Å². The first-order chi connectivity index (χ1) is 14.6. The minimum Gasteiger partial charge on any atom is -0.493 e. The average molecular weight is 410 g/mol. The standard InChI is InChI=1S/C24H26O6/c1-5-7-18-8-11-20(22(16-18)26-3)29-14-15-30-21-12-9-19(17-23(21)27-4)10-13-24(25)28-6-2/h7-13,16-17H,1,6,14-15H2,2-4H3/b13-10+. The van der Waals surface area contributed by atoms with Gasteiger partial charge in [0.1, 0.15) is 13.2 Å². The van der Waals surface area contributed by atoms with Gasteiger partial charge in [-0.2, -0.15) is 0 Å². The lowest BCUT2D eigenvalue weighted by Gasteiger charge is -2.13. The van der Waals surface area contributed by atoms with Gasteiger partial charge in [0.15, 0.2) is 23.0 Å². The molecule has 0 spiro atoms. The van der Waals surface area contributed by atoms with Crippen LogP contribution in [-0.2, 0) is 9.53 Å². The molecule has 2 rings (SSSR count). The van der Waals surface area contributed by atoms with E-state index in [2.05, 4.69) is 12.3 Å². The number of methoxy groups -OCH3 is 2. The highest BCUT2D eigenvalue weighted by atomic mass is 16.5. The van der Waals surface area contributed by atoms with Gasteiger partial charge in [-0.15, -0.1) is 5.73 Å². The Morgan fingerprint density at radius 1 is 0.933 bits per heavy atom. The fourth-order valence-electron chi connectivity index (χ4n) is 2.58. The van der Waals surface area contributed by atoms with Crippen molar-refractivity contribution >= 4 is 18.1 Å². The van der Waals surface area contributed by atoms with E-state index >= 15 is 0 Å². The Kier molecular flexibility index (Phi) is 9.10. The maximum atomic E-state index is 11.4. The highest BCUT2D eigenvalue weighted by molar-refractivity contribution is 5.87. The van der Waals surface area contributed by atoms with Crippen LogP contribution < -0.4 is 18.9 Å². The molecule has 0 amide bonds. The Morgan fingerprint density at radius 3 is 2.03 bits per heavy atom. The van der Waals surface area contributed by atoms with Crippen LogP contribution in [0.5, 0.6) is 23.0 Å². The van der Waals surface area contributed by atoms with Crippen LogP contribution in [-0.4, -0.2) is 40.0 Å². The number of benzene rings is 2. The van der Waals surface area contributed by atoms with Crippen LogP contribution in [0, 0.1) is 0 Å². The second kappa shape index (κ2) is 12.0. The molecule has 6 heteroatoms. The normalized spacial score (nSPS) is 10.2. The zero-order valence-corrected chi connectivity index (χ0v) is 17.5. The molecule has 0 bridgehead atoms. The maximum absolute atomic E-state index is 11.4. The summed E-state index contributed by atoms with van der Waals surface area (Å²) >= 11 is 0. The molecule has 0 unspecified atom stereocenters. The summed E-state index contributed by atoms with van der Waals surface area (Å²) in [6.07, 6.45) is 4.79. The topological polar surface area (TPSA) is 63.2 Å². The summed E-state index contributed by atoms with van der Waals surface area (Å²) in [6.45, 7) is 6.29. The van der Waals surface area contributed by atoms with Gasteiger partial charge in [0, 0.05) is 6.08 Å². The summed E-state index contributed by atoms with van der Waals surface area (Å²) in [7, 11) is 3.14. The monoisotopic (exact) mass is 410 g/mol. The number of hydrogen-bond acceptors (Lipinski definition) is 6. The summed E-state index contributed by atoms with van der Waals surface area (Å²) in [6, 6.07) is 10.9. The van der Waals surface area contributed by atoms with Crippen molar-refractivity contribution in [2.75, 3.05) is 34.0 Å². The molecule has 0 atom stereocenters. The van der Waals surface area contributed by atoms with Crippen molar-refractivity contribution in [2.45, 2.75) is 6.92 Å². The fraction of sp³-hybridized carbons (Fsp3) is 0.250. The van der Waals surface area contributed by atoms with Crippen molar-refractivity contribution in [3.63, 3.8) is 0 Å². The van der Waals surface area contributed by atoms with Crippen LogP contribution in [0.2, 0.25) is 0 Å². The van der Waals surface area contributed by atoms with Gasteiger partial charge in [0.05, 0.1) is 20.8 Å². The van der Waals surface area contributed by atoms with E-state index in [1.165, 1.54) is 6.08 Å². The number of hydrogen-bond donors (Lipinski definition) is 0. The molecular weight excluding hydrogens is 384 g/mol. The zero-order chi connectivity index (χ0) is 21.8. The number of esters is 1. The largest absolute Gasteiger partial charge is 0.493 e. The number of carbonyl (C=O) groups is 1. The van der Waals surface area contributed by atoms with Gasteiger partial charge in [0.2, 0.25) is 0 Å². The molecule has 6 nitrogen and oxygen atoms in total. The van der Waals surface area contributed by atoms with Gasteiger partial charge in [-0.25, -0.2) is 4.79 Å². The van der Waals surface area contributed by atoms with Crippen LogP contribution in [0.25, 0.3) is 12.2 Å². The molecule has 0 N–H and O–H groups in total. The summed E-state index contributed by atoms with van der Waals surface area (Å²) in [5, 5.41) is 0. The van der Waals surface area contributed by atoms with Crippen molar-refractivity contribution in [1.82, 2.24) is 0 Å². The number of ether oxygens (including phenoxy) is 5. The first-order valence-electron chi connectivity index (χ1n) is 9.43. The third-order valence-electron chi connectivity index (χ3n) is 3.94. The van der Waals surface area contributed by atoms with Crippen LogP contribution in [0.1, 0.15) is 18.1 Å². The maximum Gasteiger partial charge on any atom is 0.330 e. The minimum atomic E-state index is -0.391. The van der Waals surface area contributed by atoms with E-state index in [1.54, 1.807) is 45.4 Å². The number of rotatable bonds is 11. The fourth-order valence-corrected chi connectivity index (χ4v) is 2.58. The lowest BCUT2D eigenvalue weighted by atomic mass is 10.2. The van der Waals surface area contributed by atoms with E-state index in [4.69, 9.17) is 23.7 Å². The lowest BCUT2D eigenvalue weighted by Crippen LogP contribution is -2.10. The zero-order valence-electron chi connectivity index (χ0n) is 17.5. The molecule has 2 aromatic carbocycles. The van der Waals surface area contributed by atoms with Crippen molar-refractivity contribution < 1.29 is 28.5 Å². The van der Waals surface area contributed by atoms with E-state index in [9.17, 15) is 4.79 Å². The van der Waals surface area contributed by atoms with E-state index in [1.807, 2.05) is 24.3 Å². The average Bonchev–Trinajstić information content (AvgIpc) is 2.76. The Morgan fingerprint density at radius 2 is 1.50 bits per heavy atom. The molecule has 0 aliphatic rings. The van der Waals surface area contributed by atoms with E-state index in [-0.39, 0.29) is 0 Å². The third-order valence-corrected chi connectivity index (χ3v) is 3.94. The smallest absolute Gasteiger partial charge is 0.330 e. The quantitative estimate of drug-likeness (QED) is 0.235. The van der Waals surface area contributed by atoms with Gasteiger partial charge in [-0.05, 0) is 54.5 Å². The van der Waals surface area contributed by atoms with Crippen molar-refractivity contribution in [1.29, 1.82) is 0 Å². The second-order valence-electron chi connectivity index (χ2n) is 5.95. The molecule has 158 valence electrons. The molecule has 0 fully saturated rings. The molecule has 2 aromatic rings. The highest BCUT2D eigenvalue weighted by Crippen LogP contribution is 2.30. The molecule has 0 saturated carbocycles. The first kappa shape index (κ1) is 22.7.